The van der Waals surface area contributed by atoms with Crippen molar-refractivity contribution < 1.29 is 17.9 Å². The molecule has 8 heteroatoms. The van der Waals surface area contributed by atoms with Gasteiger partial charge in [-0.1, -0.05) is 29.8 Å². The Morgan fingerprint density at radius 2 is 1.81 bits per heavy atom. The van der Waals surface area contributed by atoms with Crippen LogP contribution in [0.1, 0.15) is 19.4 Å². The number of hydrazine groups is 1. The predicted molar refractivity (Wildman–Crippen MR) is 100 cm³/mol. The summed E-state index contributed by atoms with van der Waals surface area (Å²) in [5.41, 5.74) is 3.34. The van der Waals surface area contributed by atoms with Gasteiger partial charge in [-0.05, 0) is 45.0 Å². The number of hydrogen-bond donors (Lipinski definition) is 2. The SMILES string of the molecule is CCOc1ccccc1S(=O)(=O)N(c1ccc(C)cc1)C(C)C(=O)NN. The summed E-state index contributed by atoms with van der Waals surface area (Å²) in [5, 5.41) is 0. The zero-order valence-electron chi connectivity index (χ0n) is 15.0. The highest BCUT2D eigenvalue weighted by molar-refractivity contribution is 7.93. The lowest BCUT2D eigenvalue weighted by molar-refractivity contribution is -0.121. The minimum absolute atomic E-state index is 0.0147. The summed E-state index contributed by atoms with van der Waals surface area (Å²) >= 11 is 0. The van der Waals surface area contributed by atoms with E-state index in [2.05, 4.69) is 0 Å². The fourth-order valence-corrected chi connectivity index (χ4v) is 4.29. The van der Waals surface area contributed by atoms with Gasteiger partial charge in [-0.3, -0.25) is 14.5 Å². The molecule has 0 aliphatic heterocycles. The summed E-state index contributed by atoms with van der Waals surface area (Å²) in [6.45, 7) is 5.45. The predicted octanol–water partition coefficient (Wildman–Crippen LogP) is 1.97. The van der Waals surface area contributed by atoms with Gasteiger partial charge in [0, 0.05) is 0 Å². The maximum atomic E-state index is 13.4. The number of benzene rings is 2. The van der Waals surface area contributed by atoms with Crippen LogP contribution in [0.5, 0.6) is 5.75 Å². The van der Waals surface area contributed by atoms with E-state index in [1.165, 1.54) is 13.0 Å². The van der Waals surface area contributed by atoms with Crippen molar-refractivity contribution in [2.45, 2.75) is 31.7 Å². The van der Waals surface area contributed by atoms with Gasteiger partial charge in [0.1, 0.15) is 16.7 Å². The number of carbonyl (C=O) groups is 1. The van der Waals surface area contributed by atoms with Crippen molar-refractivity contribution in [3.05, 3.63) is 54.1 Å². The molecule has 2 aromatic carbocycles. The monoisotopic (exact) mass is 377 g/mol. The van der Waals surface area contributed by atoms with Crippen LogP contribution in [-0.4, -0.2) is 27.0 Å². The highest BCUT2D eigenvalue weighted by atomic mass is 32.2. The number of rotatable bonds is 7. The van der Waals surface area contributed by atoms with Crippen LogP contribution in [0.25, 0.3) is 0 Å². The van der Waals surface area contributed by atoms with E-state index < -0.39 is 22.0 Å². The van der Waals surface area contributed by atoms with E-state index >= 15 is 0 Å². The van der Waals surface area contributed by atoms with Gasteiger partial charge in [-0.15, -0.1) is 0 Å². The Kier molecular flexibility index (Phi) is 6.23. The number of amides is 1. The number of carbonyl (C=O) groups excluding carboxylic acids is 1. The number of anilines is 1. The molecule has 0 radical (unpaired) electrons. The quantitative estimate of drug-likeness (QED) is 0.436. The number of nitrogens with two attached hydrogens (primary N) is 1. The molecule has 0 heterocycles. The second-order valence-electron chi connectivity index (χ2n) is 5.70. The van der Waals surface area contributed by atoms with Crippen LogP contribution in [0, 0.1) is 6.92 Å². The highest BCUT2D eigenvalue weighted by Crippen LogP contribution is 2.31. The Hall–Kier alpha value is -2.58. The number of ether oxygens (including phenoxy) is 1. The molecule has 1 unspecified atom stereocenters. The molecule has 7 nitrogen and oxygen atoms in total. The molecule has 0 saturated carbocycles. The van der Waals surface area contributed by atoms with Crippen molar-refractivity contribution in [3.8, 4) is 5.75 Å². The molecule has 2 rings (SSSR count). The Balaban J connectivity index is 2.64. The molecule has 0 aromatic heterocycles. The van der Waals surface area contributed by atoms with Gasteiger partial charge in [0.05, 0.1) is 12.3 Å². The Morgan fingerprint density at radius 1 is 1.19 bits per heavy atom. The van der Waals surface area contributed by atoms with Crippen LogP contribution >= 0.6 is 0 Å². The second kappa shape index (κ2) is 8.20. The van der Waals surface area contributed by atoms with Gasteiger partial charge >= 0.3 is 0 Å². The maximum absolute atomic E-state index is 13.4. The molecule has 0 aliphatic carbocycles. The van der Waals surface area contributed by atoms with Crippen LogP contribution in [0.4, 0.5) is 5.69 Å². The number of nitrogens with zero attached hydrogens (tertiary/aromatic N) is 1. The van der Waals surface area contributed by atoms with E-state index in [4.69, 9.17) is 10.6 Å². The zero-order chi connectivity index (χ0) is 19.3. The van der Waals surface area contributed by atoms with Gasteiger partial charge in [0.25, 0.3) is 15.9 Å². The molecule has 2 aromatic rings. The van der Waals surface area contributed by atoms with E-state index in [0.717, 1.165) is 9.87 Å². The Labute approximate surface area is 153 Å². The summed E-state index contributed by atoms with van der Waals surface area (Å²) < 4.78 is 33.3. The first-order valence-electron chi connectivity index (χ1n) is 8.16. The summed E-state index contributed by atoms with van der Waals surface area (Å²) in [7, 11) is -4.08. The van der Waals surface area contributed by atoms with Crippen molar-refractivity contribution >= 4 is 21.6 Å². The molecule has 0 saturated heterocycles. The molecule has 0 bridgehead atoms. The van der Waals surface area contributed by atoms with Crippen LogP contribution < -0.4 is 20.3 Å². The van der Waals surface area contributed by atoms with E-state index in [9.17, 15) is 13.2 Å². The van der Waals surface area contributed by atoms with Crippen LogP contribution in [-0.2, 0) is 14.8 Å². The normalized spacial score (nSPS) is 12.3. The lowest BCUT2D eigenvalue weighted by Gasteiger charge is -2.30. The number of sulfonamides is 1. The fraction of sp³-hybridized carbons (Fsp3) is 0.278. The maximum Gasteiger partial charge on any atom is 0.268 e. The lowest BCUT2D eigenvalue weighted by atomic mass is 10.2. The Morgan fingerprint density at radius 3 is 2.38 bits per heavy atom. The van der Waals surface area contributed by atoms with Gasteiger partial charge in [-0.25, -0.2) is 14.3 Å². The third-order valence-electron chi connectivity index (χ3n) is 3.85. The van der Waals surface area contributed by atoms with Crippen molar-refractivity contribution in [1.29, 1.82) is 0 Å². The number of aryl methyl sites for hydroxylation is 1. The first kappa shape index (κ1) is 19.7. The summed E-state index contributed by atoms with van der Waals surface area (Å²) in [6, 6.07) is 12.1. The van der Waals surface area contributed by atoms with E-state index in [1.54, 1.807) is 49.4 Å². The van der Waals surface area contributed by atoms with Crippen LogP contribution in [0.2, 0.25) is 0 Å². The van der Waals surface area contributed by atoms with E-state index in [-0.39, 0.29) is 10.6 Å². The molecular weight excluding hydrogens is 354 g/mol. The Bertz CT molecular complexity index is 866. The smallest absolute Gasteiger partial charge is 0.268 e. The zero-order valence-corrected chi connectivity index (χ0v) is 15.8. The van der Waals surface area contributed by atoms with Crippen molar-refractivity contribution in [2.24, 2.45) is 5.84 Å². The molecule has 1 amide bonds. The summed E-state index contributed by atoms with van der Waals surface area (Å²) in [4.78, 5) is 12.1. The van der Waals surface area contributed by atoms with Gasteiger partial charge in [-0.2, -0.15) is 0 Å². The average molecular weight is 377 g/mol. The number of nitrogens with one attached hydrogen (secondary N) is 1. The summed E-state index contributed by atoms with van der Waals surface area (Å²) in [5.74, 6) is 4.83. The molecule has 0 spiro atoms. The molecule has 1 atom stereocenters. The molecule has 3 N–H and O–H groups in total. The fourth-order valence-electron chi connectivity index (χ4n) is 2.53. The minimum Gasteiger partial charge on any atom is -0.492 e. The van der Waals surface area contributed by atoms with Crippen molar-refractivity contribution in [3.63, 3.8) is 0 Å². The van der Waals surface area contributed by atoms with Gasteiger partial charge in [0.2, 0.25) is 0 Å². The van der Waals surface area contributed by atoms with Gasteiger partial charge in [0.15, 0.2) is 0 Å². The highest BCUT2D eigenvalue weighted by Gasteiger charge is 2.35. The first-order valence-corrected chi connectivity index (χ1v) is 9.60. The molecule has 26 heavy (non-hydrogen) atoms. The van der Waals surface area contributed by atoms with Gasteiger partial charge < -0.3 is 4.74 Å². The minimum atomic E-state index is -4.08. The van der Waals surface area contributed by atoms with E-state index in [0.29, 0.717) is 12.3 Å². The lowest BCUT2D eigenvalue weighted by Crippen LogP contribution is -2.50. The third kappa shape index (κ3) is 3.97. The first-order chi connectivity index (χ1) is 12.3. The molecule has 0 fully saturated rings. The number of para-hydroxylation sites is 1. The summed E-state index contributed by atoms with van der Waals surface area (Å²) in [6.07, 6.45) is 0. The molecular formula is C18H23N3O4S. The van der Waals surface area contributed by atoms with Crippen LogP contribution in [0.15, 0.2) is 53.4 Å². The second-order valence-corrected chi connectivity index (χ2v) is 7.48. The largest absolute Gasteiger partial charge is 0.492 e. The van der Waals surface area contributed by atoms with Crippen LogP contribution in [0.3, 0.4) is 0 Å². The molecule has 140 valence electrons. The third-order valence-corrected chi connectivity index (χ3v) is 5.79. The number of hydrogen-bond acceptors (Lipinski definition) is 5. The standard InChI is InChI=1S/C18H23N3O4S/c1-4-25-16-7-5-6-8-17(16)26(23,24)21(14(3)18(22)20-19)15-11-9-13(2)10-12-15/h5-12,14H,4,19H2,1-3H3,(H,20,22). The topological polar surface area (TPSA) is 102 Å². The molecule has 0 aliphatic rings. The van der Waals surface area contributed by atoms with Crippen molar-refractivity contribution in [2.75, 3.05) is 10.9 Å². The average Bonchev–Trinajstić information content (AvgIpc) is 2.63. The van der Waals surface area contributed by atoms with E-state index in [1.807, 2.05) is 12.3 Å². The van der Waals surface area contributed by atoms with Crippen molar-refractivity contribution in [1.82, 2.24) is 5.43 Å².